The zero-order valence-corrected chi connectivity index (χ0v) is 10.9. The fraction of sp³-hybridized carbons (Fsp3) is 0.400. The Morgan fingerprint density at radius 3 is 2.83 bits per heavy atom. The van der Waals surface area contributed by atoms with E-state index >= 15 is 0 Å². The van der Waals surface area contributed by atoms with Gasteiger partial charge in [-0.1, -0.05) is 32.0 Å². The molecule has 1 heterocycles. The molecule has 2 aromatic rings. The number of benzene rings is 1. The lowest BCUT2D eigenvalue weighted by Gasteiger charge is -2.06. The van der Waals surface area contributed by atoms with Gasteiger partial charge in [0.05, 0.1) is 0 Å². The summed E-state index contributed by atoms with van der Waals surface area (Å²) in [5.41, 5.74) is 0.929. The first-order chi connectivity index (χ1) is 8.66. The van der Waals surface area contributed by atoms with Crippen LogP contribution in [0.4, 0.5) is 0 Å². The first kappa shape index (κ1) is 12.7. The molecule has 0 aliphatic heterocycles. The predicted molar refractivity (Wildman–Crippen MR) is 72.4 cm³/mol. The maximum atomic E-state index is 11.4. The summed E-state index contributed by atoms with van der Waals surface area (Å²) in [7, 11) is 0. The van der Waals surface area contributed by atoms with Gasteiger partial charge in [-0.25, -0.2) is 0 Å². The molecule has 96 valence electrons. The summed E-state index contributed by atoms with van der Waals surface area (Å²) in [4.78, 5) is 11.4. The molecule has 0 aliphatic rings. The third-order valence-corrected chi connectivity index (χ3v) is 2.90. The minimum absolute atomic E-state index is 0.0520. The fourth-order valence-corrected chi connectivity index (χ4v) is 1.84. The highest BCUT2D eigenvalue weighted by Crippen LogP contribution is 2.19. The van der Waals surface area contributed by atoms with E-state index in [2.05, 4.69) is 11.4 Å². The van der Waals surface area contributed by atoms with E-state index in [0.717, 1.165) is 29.6 Å². The molecule has 0 saturated heterocycles. The average Bonchev–Trinajstić information content (AvgIpc) is 2.76. The second-order valence-corrected chi connectivity index (χ2v) is 4.80. The largest absolute Gasteiger partial charge is 0.461 e. The van der Waals surface area contributed by atoms with Gasteiger partial charge in [-0.2, -0.15) is 0 Å². The van der Waals surface area contributed by atoms with E-state index in [4.69, 9.17) is 4.42 Å². The van der Waals surface area contributed by atoms with Gasteiger partial charge < -0.3 is 9.73 Å². The molecule has 0 bridgehead atoms. The molecule has 0 saturated carbocycles. The van der Waals surface area contributed by atoms with Gasteiger partial charge in [-0.15, -0.1) is 0 Å². The van der Waals surface area contributed by atoms with Crippen molar-refractivity contribution in [1.82, 2.24) is 5.32 Å². The summed E-state index contributed by atoms with van der Waals surface area (Å²) in [5, 5.41) is 4.04. The van der Waals surface area contributed by atoms with Crippen LogP contribution >= 0.6 is 0 Å². The number of rotatable bonds is 5. The maximum Gasteiger partial charge on any atom is 0.222 e. The second-order valence-electron chi connectivity index (χ2n) is 4.80. The van der Waals surface area contributed by atoms with Gasteiger partial charge in [0.2, 0.25) is 5.91 Å². The van der Waals surface area contributed by atoms with Gasteiger partial charge in [0.25, 0.3) is 0 Å². The first-order valence-electron chi connectivity index (χ1n) is 6.42. The molecule has 0 fully saturated rings. The molecule has 1 amide bonds. The van der Waals surface area contributed by atoms with Crippen LogP contribution in [0.15, 0.2) is 34.7 Å². The quantitative estimate of drug-likeness (QED) is 0.822. The maximum absolute atomic E-state index is 11.4. The molecule has 3 heteroatoms. The summed E-state index contributed by atoms with van der Waals surface area (Å²) in [6, 6.07) is 10.1. The lowest BCUT2D eigenvalue weighted by atomic mass is 10.2. The number of para-hydroxylation sites is 1. The molecule has 0 radical (unpaired) electrons. The molecule has 1 aromatic carbocycles. The van der Waals surface area contributed by atoms with Crippen molar-refractivity contribution in [3.05, 3.63) is 36.1 Å². The summed E-state index contributed by atoms with van der Waals surface area (Å²) in [5.74, 6) is 1.14. The number of nitrogens with one attached hydrogen (secondary N) is 1. The third-order valence-electron chi connectivity index (χ3n) is 2.90. The second kappa shape index (κ2) is 5.71. The zero-order valence-electron chi connectivity index (χ0n) is 10.9. The standard InChI is InChI=1S/C15H19NO2/c1-11(2)15(17)16-9-5-7-13-10-12-6-3-4-8-14(12)18-13/h3-4,6,8,10-11H,5,7,9H2,1-2H3,(H,16,17). The average molecular weight is 245 g/mol. The van der Waals surface area contributed by atoms with Crippen molar-refractivity contribution in [3.8, 4) is 0 Å². The topological polar surface area (TPSA) is 42.2 Å². The molecule has 0 aliphatic carbocycles. The smallest absolute Gasteiger partial charge is 0.222 e. The third kappa shape index (κ3) is 3.13. The normalized spacial score (nSPS) is 11.1. The molecule has 1 N–H and O–H groups in total. The van der Waals surface area contributed by atoms with E-state index in [1.165, 1.54) is 0 Å². The fourth-order valence-electron chi connectivity index (χ4n) is 1.84. The van der Waals surface area contributed by atoms with Crippen molar-refractivity contribution in [1.29, 1.82) is 0 Å². The van der Waals surface area contributed by atoms with Gasteiger partial charge >= 0.3 is 0 Å². The minimum Gasteiger partial charge on any atom is -0.461 e. The number of furan rings is 1. The Labute approximate surface area is 107 Å². The highest BCUT2D eigenvalue weighted by atomic mass is 16.3. The Kier molecular flexibility index (Phi) is 4.03. The minimum atomic E-state index is 0.0520. The highest BCUT2D eigenvalue weighted by molar-refractivity contribution is 5.78. The number of carbonyl (C=O) groups excluding carboxylic acids is 1. The number of aryl methyl sites for hydroxylation is 1. The van der Waals surface area contributed by atoms with Crippen LogP contribution in [-0.4, -0.2) is 12.5 Å². The van der Waals surface area contributed by atoms with Crippen LogP contribution < -0.4 is 5.32 Å². The number of fused-ring (bicyclic) bond motifs is 1. The molecular weight excluding hydrogens is 226 g/mol. The van der Waals surface area contributed by atoms with Crippen molar-refractivity contribution in [2.45, 2.75) is 26.7 Å². The Morgan fingerprint density at radius 2 is 2.11 bits per heavy atom. The molecule has 2 rings (SSSR count). The van der Waals surface area contributed by atoms with E-state index in [-0.39, 0.29) is 11.8 Å². The van der Waals surface area contributed by atoms with E-state index < -0.39 is 0 Å². The van der Waals surface area contributed by atoms with E-state index in [1.807, 2.05) is 38.1 Å². The Morgan fingerprint density at radius 1 is 1.33 bits per heavy atom. The lowest BCUT2D eigenvalue weighted by molar-refractivity contribution is -0.123. The highest BCUT2D eigenvalue weighted by Gasteiger charge is 2.06. The molecule has 1 aromatic heterocycles. The van der Waals surface area contributed by atoms with Crippen LogP contribution in [0.2, 0.25) is 0 Å². The zero-order chi connectivity index (χ0) is 13.0. The van der Waals surface area contributed by atoms with Gasteiger partial charge in [0.15, 0.2) is 0 Å². The van der Waals surface area contributed by atoms with Gasteiger partial charge in [0.1, 0.15) is 11.3 Å². The predicted octanol–water partition coefficient (Wildman–Crippen LogP) is 3.14. The Bertz CT molecular complexity index is 495. The SMILES string of the molecule is CC(C)C(=O)NCCCc1cc2ccccc2o1. The van der Waals surface area contributed by atoms with Crippen LogP contribution in [0.1, 0.15) is 26.0 Å². The van der Waals surface area contributed by atoms with E-state index in [9.17, 15) is 4.79 Å². The molecular formula is C15H19NO2. The molecule has 0 spiro atoms. The summed E-state index contributed by atoms with van der Waals surface area (Å²) < 4.78 is 5.71. The van der Waals surface area contributed by atoms with Crippen molar-refractivity contribution in [2.75, 3.05) is 6.54 Å². The van der Waals surface area contributed by atoms with Crippen LogP contribution in [0.5, 0.6) is 0 Å². The van der Waals surface area contributed by atoms with Crippen LogP contribution in [0.25, 0.3) is 11.0 Å². The van der Waals surface area contributed by atoms with Crippen molar-refractivity contribution in [3.63, 3.8) is 0 Å². The number of hydrogen-bond donors (Lipinski definition) is 1. The van der Waals surface area contributed by atoms with Gasteiger partial charge in [-0.3, -0.25) is 4.79 Å². The van der Waals surface area contributed by atoms with Crippen molar-refractivity contribution in [2.24, 2.45) is 5.92 Å². The summed E-state index contributed by atoms with van der Waals surface area (Å²) in [6.07, 6.45) is 1.76. The summed E-state index contributed by atoms with van der Waals surface area (Å²) >= 11 is 0. The van der Waals surface area contributed by atoms with Gasteiger partial charge in [-0.05, 0) is 18.6 Å². The number of carbonyl (C=O) groups is 1. The van der Waals surface area contributed by atoms with E-state index in [1.54, 1.807) is 0 Å². The van der Waals surface area contributed by atoms with Crippen molar-refractivity contribution >= 4 is 16.9 Å². The summed E-state index contributed by atoms with van der Waals surface area (Å²) in [6.45, 7) is 4.50. The first-order valence-corrected chi connectivity index (χ1v) is 6.42. The number of hydrogen-bond acceptors (Lipinski definition) is 2. The van der Waals surface area contributed by atoms with Gasteiger partial charge in [0, 0.05) is 24.3 Å². The van der Waals surface area contributed by atoms with Crippen molar-refractivity contribution < 1.29 is 9.21 Å². The van der Waals surface area contributed by atoms with Crippen LogP contribution in [0, 0.1) is 5.92 Å². The molecule has 18 heavy (non-hydrogen) atoms. The molecule has 3 nitrogen and oxygen atoms in total. The molecule has 0 atom stereocenters. The monoisotopic (exact) mass is 245 g/mol. The van der Waals surface area contributed by atoms with Crippen LogP contribution in [0.3, 0.4) is 0 Å². The Balaban J connectivity index is 1.82. The van der Waals surface area contributed by atoms with Crippen LogP contribution in [-0.2, 0) is 11.2 Å². The van der Waals surface area contributed by atoms with E-state index in [0.29, 0.717) is 6.54 Å². The molecule has 0 unspecified atom stereocenters. The lowest BCUT2D eigenvalue weighted by Crippen LogP contribution is -2.28. The number of amides is 1. The Hall–Kier alpha value is -1.77.